The number of pyridine rings is 1. The van der Waals surface area contributed by atoms with Gasteiger partial charge in [0.1, 0.15) is 40.8 Å². The van der Waals surface area contributed by atoms with Gasteiger partial charge < -0.3 is 14.2 Å². The molecule has 3 aliphatic heterocycles. The molecule has 1 aromatic carbocycles. The molecule has 6 heterocycles. The van der Waals surface area contributed by atoms with Crippen molar-refractivity contribution in [1.29, 1.82) is 5.26 Å². The molecule has 1 saturated heterocycles. The zero-order valence-corrected chi connectivity index (χ0v) is 30.0. The second-order valence-electron chi connectivity index (χ2n) is 12.6. The van der Waals surface area contributed by atoms with E-state index < -0.39 is 70.5 Å². The van der Waals surface area contributed by atoms with Crippen LogP contribution in [-0.4, -0.2) is 95.1 Å². The molecule has 2 amide bonds. The number of benzene rings is 1. The predicted octanol–water partition coefficient (Wildman–Crippen LogP) is 4.47. The van der Waals surface area contributed by atoms with Crippen molar-refractivity contribution in [2.45, 2.75) is 51.5 Å². The Balaban J connectivity index is 1.06. The van der Waals surface area contributed by atoms with E-state index in [4.69, 9.17) is 9.72 Å². The van der Waals surface area contributed by atoms with Gasteiger partial charge in [-0.25, -0.2) is 19.9 Å². The Bertz CT molecular complexity index is 2270. The minimum Gasteiger partial charge on any atom is -0.566 e. The van der Waals surface area contributed by atoms with Crippen molar-refractivity contribution in [2.75, 3.05) is 40.3 Å². The lowest BCUT2D eigenvalue weighted by Gasteiger charge is -2.35. The summed E-state index contributed by atoms with van der Waals surface area (Å²) in [4.78, 5) is 47.6. The second kappa shape index (κ2) is 14.6. The van der Waals surface area contributed by atoms with Crippen LogP contribution in [0.1, 0.15) is 43.0 Å². The molecule has 16 nitrogen and oxygen atoms in total. The van der Waals surface area contributed by atoms with E-state index in [1.807, 2.05) is 0 Å². The Morgan fingerprint density at radius 3 is 2.48 bits per heavy atom. The smallest absolute Gasteiger partial charge is 0.431 e. The van der Waals surface area contributed by atoms with Gasteiger partial charge in [0.2, 0.25) is 17.5 Å². The summed E-state index contributed by atoms with van der Waals surface area (Å²) in [5.74, 6) is -0.796. The number of hydrogen-bond acceptors (Lipinski definition) is 13. The number of aromatic nitrogens is 6. The molecule has 2 atom stereocenters. The summed E-state index contributed by atoms with van der Waals surface area (Å²) in [6.45, 7) is 3.93. The molecule has 0 aliphatic carbocycles. The molecule has 7 rings (SSSR count). The fraction of sp³-hybridized carbons (Fsp3) is 0.364. The van der Waals surface area contributed by atoms with Gasteiger partial charge in [-0.05, 0) is 44.9 Å². The lowest BCUT2D eigenvalue weighted by atomic mass is 10.0. The van der Waals surface area contributed by atoms with E-state index in [1.54, 1.807) is 37.1 Å². The molecule has 3 aromatic heterocycles. The fourth-order valence-corrected chi connectivity index (χ4v) is 7.69. The van der Waals surface area contributed by atoms with E-state index in [1.165, 1.54) is 17.3 Å². The van der Waals surface area contributed by atoms with Gasteiger partial charge in [-0.15, -0.1) is 9.41 Å². The molecule has 56 heavy (non-hydrogen) atoms. The maximum atomic E-state index is 14.2. The number of nitrogens with one attached hydrogen (secondary N) is 1. The van der Waals surface area contributed by atoms with Crippen LogP contribution in [0.5, 0.6) is 5.75 Å². The maximum Gasteiger partial charge on any atom is 0.431 e. The van der Waals surface area contributed by atoms with E-state index in [-0.39, 0.29) is 32.0 Å². The summed E-state index contributed by atoms with van der Waals surface area (Å²) < 4.78 is 102. The van der Waals surface area contributed by atoms with Crippen molar-refractivity contribution in [2.24, 2.45) is 5.10 Å². The van der Waals surface area contributed by atoms with Crippen LogP contribution in [0, 0.1) is 18.3 Å². The number of likely N-dealkylation sites (N-methyl/N-ethyl adjacent to an activating group) is 1. The van der Waals surface area contributed by atoms with Crippen LogP contribution in [0.25, 0.3) is 22.8 Å². The summed E-state index contributed by atoms with van der Waals surface area (Å²) in [6.07, 6.45) is -7.42. The summed E-state index contributed by atoms with van der Waals surface area (Å²) in [5, 5.41) is 19.6. The van der Waals surface area contributed by atoms with Crippen LogP contribution in [0.15, 0.2) is 41.9 Å². The molecule has 292 valence electrons. The van der Waals surface area contributed by atoms with Crippen molar-refractivity contribution < 1.29 is 45.2 Å². The highest BCUT2D eigenvalue weighted by atomic mass is 32.2. The number of carbonyl (C=O) groups excluding carboxylic acids is 2. The number of hydrazone groups is 1. The van der Waals surface area contributed by atoms with Crippen molar-refractivity contribution in [3.8, 4) is 34.6 Å². The van der Waals surface area contributed by atoms with Crippen LogP contribution >= 0.6 is 0 Å². The average molecular weight is 803 g/mol. The molecule has 23 heteroatoms. The number of unbranched alkanes of at least 4 members (excludes halogenated alkanes) is 1. The van der Waals surface area contributed by atoms with Gasteiger partial charge >= 0.3 is 18.3 Å². The second-order valence-corrected chi connectivity index (χ2v) is 13.8. The molecule has 0 saturated carbocycles. The minimum atomic E-state index is -5.13. The summed E-state index contributed by atoms with van der Waals surface area (Å²) in [7, 11) is 0. The number of nitrogens with zero attached hydrogens (tertiary/aromatic N) is 11. The Hall–Kier alpha value is -6.02. The van der Waals surface area contributed by atoms with E-state index in [2.05, 4.69) is 30.3 Å². The molecule has 2 unspecified atom stereocenters. The maximum absolute atomic E-state index is 14.2. The van der Waals surface area contributed by atoms with Gasteiger partial charge in [0.25, 0.3) is 0 Å². The third kappa shape index (κ3) is 7.00. The molecule has 1 fully saturated rings. The number of aromatic amines is 1. The number of rotatable bonds is 10. The number of hydrogen-bond donors (Lipinski definition) is 1. The Labute approximate surface area is 316 Å². The number of H-pyrrole nitrogens is 1. The SMILES string of the molecule is CCN1C(=O)CN(CCCCOc2cc(N3C(=O)C4CC(C(F)(F)F)=NN4[S+]3[O-])cc(C(F)(F)F)c2C#N)c2ncc(-c3ccc(-c4nc[nH]n4)nc3C)nc21. The van der Waals surface area contributed by atoms with Gasteiger partial charge in [-0.3, -0.25) is 19.6 Å². The third-order valence-corrected chi connectivity index (χ3v) is 10.4. The number of fused-ring (bicyclic) bond motifs is 2. The normalized spacial score (nSPS) is 18.3. The standard InChI is InChI=1S/C33H28F6N12O4S/c1-3-49-27(52)15-48(29-30(49)45-23(14-41-29)19-6-7-22(44-17(19)2)28-42-16-43-46-28)8-4-5-9-55-25-11-18(10-21(20(25)13-40)32(34,35)36)50-31(53)24-12-26(33(37,38)39)47-51(24)56(50)54/h6-7,10-11,14,16,24H,3-5,8-9,12,15H2,1-2H3,(H,42,43,46). The van der Waals surface area contributed by atoms with Crippen molar-refractivity contribution >= 4 is 46.4 Å². The van der Waals surface area contributed by atoms with Crippen LogP contribution < -0.4 is 18.8 Å². The predicted molar refractivity (Wildman–Crippen MR) is 186 cm³/mol. The van der Waals surface area contributed by atoms with E-state index in [0.717, 1.165) is 6.07 Å². The summed E-state index contributed by atoms with van der Waals surface area (Å²) in [6, 6.07) is 4.69. The molecule has 0 radical (unpaired) electrons. The highest BCUT2D eigenvalue weighted by Gasteiger charge is 2.59. The van der Waals surface area contributed by atoms with Crippen LogP contribution in [0.3, 0.4) is 0 Å². The third-order valence-electron chi connectivity index (χ3n) is 9.06. The molecule has 1 N–H and O–H groups in total. The first-order valence-corrected chi connectivity index (χ1v) is 17.9. The Morgan fingerprint density at radius 2 is 1.84 bits per heavy atom. The zero-order valence-electron chi connectivity index (χ0n) is 29.2. The van der Waals surface area contributed by atoms with Gasteiger partial charge in [-0.1, -0.05) is 4.41 Å². The van der Waals surface area contributed by atoms with Crippen molar-refractivity contribution in [3.05, 3.63) is 53.6 Å². The quantitative estimate of drug-likeness (QED) is 0.134. The summed E-state index contributed by atoms with van der Waals surface area (Å²) in [5.41, 5.74) is -2.02. The molecule has 0 bridgehead atoms. The summed E-state index contributed by atoms with van der Waals surface area (Å²) >= 11 is -2.74. The average Bonchev–Trinajstić information content (AvgIpc) is 3.90. The van der Waals surface area contributed by atoms with E-state index >= 15 is 0 Å². The monoisotopic (exact) mass is 802 g/mol. The Kier molecular flexibility index (Phi) is 9.95. The molecular formula is C33H28F6N12O4S. The number of alkyl halides is 6. The number of halogens is 6. The highest BCUT2D eigenvalue weighted by Crippen LogP contribution is 2.44. The van der Waals surface area contributed by atoms with Crippen LogP contribution in [0.4, 0.5) is 43.7 Å². The van der Waals surface area contributed by atoms with Crippen LogP contribution in [-0.2, 0) is 27.3 Å². The minimum absolute atomic E-state index is 0.0231. The molecule has 3 aliphatic rings. The molecule has 4 aromatic rings. The Morgan fingerprint density at radius 1 is 1.05 bits per heavy atom. The molecular weight excluding hydrogens is 774 g/mol. The molecule has 0 spiro atoms. The number of carbonyl (C=O) groups is 2. The van der Waals surface area contributed by atoms with Crippen molar-refractivity contribution in [1.82, 2.24) is 34.5 Å². The highest BCUT2D eigenvalue weighted by molar-refractivity contribution is 7.91. The number of nitriles is 1. The van der Waals surface area contributed by atoms with Gasteiger partial charge in [0.15, 0.2) is 23.5 Å². The first-order valence-electron chi connectivity index (χ1n) is 16.8. The van der Waals surface area contributed by atoms with E-state index in [9.17, 15) is 45.7 Å². The van der Waals surface area contributed by atoms with Crippen LogP contribution in [0.2, 0.25) is 0 Å². The number of ether oxygens (including phenoxy) is 1. The topological polar surface area (TPSA) is 196 Å². The van der Waals surface area contributed by atoms with Gasteiger partial charge in [0.05, 0.1) is 30.6 Å². The number of anilines is 3. The lowest BCUT2D eigenvalue weighted by Crippen LogP contribution is -2.47. The lowest BCUT2D eigenvalue weighted by molar-refractivity contribution is -0.138. The van der Waals surface area contributed by atoms with Crippen molar-refractivity contribution in [3.63, 3.8) is 0 Å². The van der Waals surface area contributed by atoms with Gasteiger partial charge in [-0.2, -0.15) is 36.7 Å². The largest absolute Gasteiger partial charge is 0.566 e. The number of amides is 2. The van der Waals surface area contributed by atoms with E-state index in [0.29, 0.717) is 67.9 Å². The zero-order chi connectivity index (χ0) is 40.1. The first-order chi connectivity index (χ1) is 26.6. The number of aryl methyl sites for hydroxylation is 1. The fourth-order valence-electron chi connectivity index (χ4n) is 6.41. The first kappa shape index (κ1) is 38.3. The van der Waals surface area contributed by atoms with Gasteiger partial charge in [0, 0.05) is 36.8 Å².